The van der Waals surface area contributed by atoms with Crippen molar-refractivity contribution in [2.45, 2.75) is 32.0 Å². The Kier molecular flexibility index (Phi) is 6.98. The third-order valence-electron chi connectivity index (χ3n) is 6.70. The van der Waals surface area contributed by atoms with Crippen LogP contribution in [-0.4, -0.2) is 68.0 Å². The van der Waals surface area contributed by atoms with E-state index in [4.69, 9.17) is 31.2 Å². The number of nitrogens with one attached hydrogen (secondary N) is 1. The van der Waals surface area contributed by atoms with Crippen LogP contribution in [0.4, 0.5) is 0 Å². The molecule has 0 radical (unpaired) electrons. The minimum Gasteiger partial charge on any atom is -0.493 e. The second-order valence-corrected chi connectivity index (χ2v) is 9.38. The molecule has 35 heavy (non-hydrogen) atoms. The number of rotatable bonds is 8. The van der Waals surface area contributed by atoms with E-state index in [2.05, 4.69) is 5.32 Å². The number of thiocarbonyl (C=S) groups is 1. The summed E-state index contributed by atoms with van der Waals surface area (Å²) in [5, 5.41) is 3.99. The van der Waals surface area contributed by atoms with Crippen molar-refractivity contribution >= 4 is 23.2 Å². The Morgan fingerprint density at radius 3 is 2.57 bits per heavy atom. The summed E-state index contributed by atoms with van der Waals surface area (Å²) in [7, 11) is 6.76. The smallest absolute Gasteiger partial charge is 0.233 e. The highest BCUT2D eigenvalue weighted by Crippen LogP contribution is 2.51. The van der Waals surface area contributed by atoms with Gasteiger partial charge in [0.2, 0.25) is 5.91 Å². The number of benzene rings is 2. The SMILES string of the molecule is CCOc1cccc2c1O[C@@]1(C)[C@H](C(=O)N(C)C)[C@H]2NC(=S)N1CCc1ccc(OC)c(OC)c1. The maximum Gasteiger partial charge on any atom is 0.233 e. The first-order valence-corrected chi connectivity index (χ1v) is 12.1. The second-order valence-electron chi connectivity index (χ2n) is 8.99. The van der Waals surface area contributed by atoms with Gasteiger partial charge in [-0.3, -0.25) is 4.79 Å². The summed E-state index contributed by atoms with van der Waals surface area (Å²) in [6.45, 7) is 4.93. The molecule has 0 aromatic heterocycles. The lowest BCUT2D eigenvalue weighted by atomic mass is 9.78. The molecule has 9 heteroatoms. The van der Waals surface area contributed by atoms with Crippen LogP contribution in [0.25, 0.3) is 0 Å². The van der Waals surface area contributed by atoms with Crippen LogP contribution < -0.4 is 24.3 Å². The monoisotopic (exact) mass is 499 g/mol. The minimum absolute atomic E-state index is 0.0314. The molecule has 4 rings (SSSR count). The molecule has 0 aliphatic carbocycles. The molecular formula is C26H33N3O5S. The fourth-order valence-corrected chi connectivity index (χ4v) is 5.36. The zero-order valence-electron chi connectivity index (χ0n) is 21.1. The predicted octanol–water partition coefficient (Wildman–Crippen LogP) is 3.39. The lowest BCUT2D eigenvalue weighted by Crippen LogP contribution is -2.72. The molecule has 0 spiro atoms. The van der Waals surface area contributed by atoms with Crippen molar-refractivity contribution in [1.29, 1.82) is 0 Å². The maximum atomic E-state index is 13.5. The quantitative estimate of drug-likeness (QED) is 0.555. The number of amides is 1. The Balaban J connectivity index is 1.72. The molecule has 188 valence electrons. The Bertz CT molecular complexity index is 1120. The van der Waals surface area contributed by atoms with Crippen molar-refractivity contribution in [3.8, 4) is 23.0 Å². The number of carbonyl (C=O) groups is 1. The van der Waals surface area contributed by atoms with E-state index in [-0.39, 0.29) is 11.9 Å². The zero-order valence-corrected chi connectivity index (χ0v) is 21.9. The van der Waals surface area contributed by atoms with Gasteiger partial charge in [0, 0.05) is 26.2 Å². The molecule has 1 amide bonds. The van der Waals surface area contributed by atoms with Crippen LogP contribution in [0.2, 0.25) is 0 Å². The van der Waals surface area contributed by atoms with E-state index in [1.54, 1.807) is 33.2 Å². The Labute approximate surface area is 212 Å². The van der Waals surface area contributed by atoms with Gasteiger partial charge in [-0.15, -0.1) is 0 Å². The molecule has 8 nitrogen and oxygen atoms in total. The standard InChI is InChI=1S/C26H33N3O5S/c1-7-33-19-10-8-9-17-22-21(24(30)28(3)4)26(2,34-23(17)19)29(25(35)27-22)14-13-16-11-12-18(31-5)20(15-16)32-6/h8-12,15,21-22H,7,13-14H2,1-6H3,(H,27,35)/t21-,22-,26-/m0/s1. The number of nitrogens with zero attached hydrogens (tertiary/aromatic N) is 2. The van der Waals surface area contributed by atoms with Crippen molar-refractivity contribution in [3.63, 3.8) is 0 Å². The molecule has 1 fully saturated rings. The van der Waals surface area contributed by atoms with Crippen molar-refractivity contribution in [2.75, 3.05) is 41.5 Å². The van der Waals surface area contributed by atoms with Crippen LogP contribution in [0.15, 0.2) is 36.4 Å². The fourth-order valence-electron chi connectivity index (χ4n) is 4.96. The molecule has 1 N–H and O–H groups in total. The fraction of sp³-hybridized carbons (Fsp3) is 0.462. The van der Waals surface area contributed by atoms with Gasteiger partial charge in [-0.1, -0.05) is 18.2 Å². The van der Waals surface area contributed by atoms with Crippen LogP contribution in [0, 0.1) is 5.92 Å². The van der Waals surface area contributed by atoms with E-state index >= 15 is 0 Å². The van der Waals surface area contributed by atoms with E-state index in [0.29, 0.717) is 47.7 Å². The number of hydrogen-bond donors (Lipinski definition) is 1. The van der Waals surface area contributed by atoms with Crippen molar-refractivity contribution < 1.29 is 23.7 Å². The van der Waals surface area contributed by atoms with Gasteiger partial charge in [0.1, 0.15) is 5.92 Å². The molecule has 1 saturated heterocycles. The normalized spacial score (nSPS) is 22.5. The third kappa shape index (κ3) is 4.33. The van der Waals surface area contributed by atoms with Gasteiger partial charge in [-0.25, -0.2) is 0 Å². The van der Waals surface area contributed by atoms with Crippen molar-refractivity contribution in [2.24, 2.45) is 5.92 Å². The largest absolute Gasteiger partial charge is 0.493 e. The van der Waals surface area contributed by atoms with Gasteiger partial charge >= 0.3 is 0 Å². The Morgan fingerprint density at radius 2 is 1.91 bits per heavy atom. The van der Waals surface area contributed by atoms with Crippen LogP contribution in [-0.2, 0) is 11.2 Å². The molecule has 2 heterocycles. The predicted molar refractivity (Wildman–Crippen MR) is 137 cm³/mol. The van der Waals surface area contributed by atoms with Gasteiger partial charge in [-0.2, -0.15) is 0 Å². The van der Waals surface area contributed by atoms with Crippen LogP contribution in [0.3, 0.4) is 0 Å². The highest BCUT2D eigenvalue weighted by molar-refractivity contribution is 7.80. The van der Waals surface area contributed by atoms with E-state index in [1.807, 2.05) is 55.1 Å². The first kappa shape index (κ1) is 24.9. The van der Waals surface area contributed by atoms with Gasteiger partial charge in [-0.05, 0) is 56.2 Å². The first-order chi connectivity index (χ1) is 16.7. The molecule has 2 aliphatic heterocycles. The molecule has 0 saturated carbocycles. The van der Waals surface area contributed by atoms with Crippen molar-refractivity contribution in [1.82, 2.24) is 15.1 Å². The summed E-state index contributed by atoms with van der Waals surface area (Å²) in [6, 6.07) is 11.3. The second kappa shape index (κ2) is 9.81. The number of fused-ring (bicyclic) bond motifs is 4. The molecule has 2 aromatic carbocycles. The van der Waals surface area contributed by atoms with Crippen LogP contribution in [0.5, 0.6) is 23.0 Å². The van der Waals surface area contributed by atoms with Gasteiger partial charge in [0.15, 0.2) is 33.8 Å². The third-order valence-corrected chi connectivity index (χ3v) is 7.04. The van der Waals surface area contributed by atoms with Gasteiger partial charge in [0.05, 0.1) is 26.9 Å². The highest BCUT2D eigenvalue weighted by Gasteiger charge is 2.59. The number of para-hydroxylation sites is 1. The topological polar surface area (TPSA) is 72.5 Å². The average molecular weight is 500 g/mol. The number of hydrogen-bond acceptors (Lipinski definition) is 6. The summed E-state index contributed by atoms with van der Waals surface area (Å²) in [4.78, 5) is 17.1. The van der Waals surface area contributed by atoms with Crippen molar-refractivity contribution in [3.05, 3.63) is 47.5 Å². The Hall–Kier alpha value is -3.20. The number of methoxy groups -OCH3 is 2. The van der Waals surface area contributed by atoms with Gasteiger partial charge in [0.25, 0.3) is 0 Å². The number of ether oxygens (including phenoxy) is 4. The van der Waals surface area contributed by atoms with Gasteiger partial charge < -0.3 is 34.1 Å². The summed E-state index contributed by atoms with van der Waals surface area (Å²) >= 11 is 5.81. The Morgan fingerprint density at radius 1 is 1.17 bits per heavy atom. The van der Waals surface area contributed by atoms with Crippen LogP contribution in [0.1, 0.15) is 31.0 Å². The molecule has 2 bridgehead atoms. The summed E-state index contributed by atoms with van der Waals surface area (Å²) in [5.41, 5.74) is 0.916. The first-order valence-electron chi connectivity index (χ1n) is 11.7. The van der Waals surface area contributed by atoms with E-state index in [1.165, 1.54) is 0 Å². The minimum atomic E-state index is -1.01. The molecule has 3 atom stereocenters. The average Bonchev–Trinajstić information content (AvgIpc) is 2.83. The lowest BCUT2D eigenvalue weighted by molar-refractivity contribution is -0.161. The lowest BCUT2D eigenvalue weighted by Gasteiger charge is -2.56. The summed E-state index contributed by atoms with van der Waals surface area (Å²) in [6.07, 6.45) is 0.661. The molecule has 0 unspecified atom stereocenters. The summed E-state index contributed by atoms with van der Waals surface area (Å²) in [5.74, 6) is 2.10. The van der Waals surface area contributed by atoms with E-state index < -0.39 is 11.6 Å². The zero-order chi connectivity index (χ0) is 25.3. The summed E-state index contributed by atoms with van der Waals surface area (Å²) < 4.78 is 23.4. The molecule has 2 aromatic rings. The molecule has 2 aliphatic rings. The number of carbonyl (C=O) groups excluding carboxylic acids is 1. The molecular weight excluding hydrogens is 466 g/mol. The highest BCUT2D eigenvalue weighted by atomic mass is 32.1. The maximum absolute atomic E-state index is 13.5. The van der Waals surface area contributed by atoms with E-state index in [0.717, 1.165) is 11.1 Å². The van der Waals surface area contributed by atoms with Crippen LogP contribution >= 0.6 is 12.2 Å². The van der Waals surface area contributed by atoms with E-state index in [9.17, 15) is 4.79 Å².